The Hall–Kier alpha value is -3.27. The van der Waals surface area contributed by atoms with Crippen LogP contribution in [-0.2, 0) is 19.0 Å². The molecule has 2 aromatic rings. The van der Waals surface area contributed by atoms with Gasteiger partial charge in [-0.3, -0.25) is 9.88 Å². The van der Waals surface area contributed by atoms with Crippen molar-refractivity contribution in [2.24, 2.45) is 0 Å². The van der Waals surface area contributed by atoms with Gasteiger partial charge in [-0.1, -0.05) is 96.3 Å². The lowest BCUT2D eigenvalue weighted by Crippen LogP contribution is -2.41. The maximum atomic E-state index is 12.4. The van der Waals surface area contributed by atoms with Crippen LogP contribution < -0.4 is 5.32 Å². The Morgan fingerprint density at radius 3 is 2.23 bits per heavy atom. The van der Waals surface area contributed by atoms with Crippen LogP contribution in [0.1, 0.15) is 115 Å². The van der Waals surface area contributed by atoms with Crippen molar-refractivity contribution in [3.63, 3.8) is 0 Å². The summed E-state index contributed by atoms with van der Waals surface area (Å²) in [4.78, 5) is 37.3. The molecule has 0 saturated carbocycles. The molecular formula is C32H49N5O7. The maximum Gasteiger partial charge on any atom is 0.413 e. The van der Waals surface area contributed by atoms with Crippen molar-refractivity contribution in [2.45, 2.75) is 128 Å². The molecule has 244 valence electrons. The lowest BCUT2D eigenvalue weighted by atomic mass is 9.99. The van der Waals surface area contributed by atoms with Crippen LogP contribution in [0.3, 0.4) is 0 Å². The first-order valence-electron chi connectivity index (χ1n) is 16.1. The van der Waals surface area contributed by atoms with Gasteiger partial charge < -0.3 is 24.4 Å². The van der Waals surface area contributed by atoms with Gasteiger partial charge in [-0.15, -0.1) is 6.42 Å². The molecule has 0 aliphatic carbocycles. The summed E-state index contributed by atoms with van der Waals surface area (Å²) in [6.45, 7) is 3.09. The van der Waals surface area contributed by atoms with E-state index in [1.165, 1.54) is 77.0 Å². The molecular weight excluding hydrogens is 566 g/mol. The van der Waals surface area contributed by atoms with Crippen molar-refractivity contribution in [1.82, 2.24) is 19.5 Å². The Balaban J connectivity index is 1.31. The van der Waals surface area contributed by atoms with E-state index < -0.39 is 43.2 Å². The first-order chi connectivity index (χ1) is 21.3. The molecule has 1 fully saturated rings. The van der Waals surface area contributed by atoms with Crippen LogP contribution in [0, 0.1) is 19.3 Å². The number of carbonyl (C=O) groups excluding carboxylic acids is 2. The van der Waals surface area contributed by atoms with E-state index in [9.17, 15) is 19.8 Å². The van der Waals surface area contributed by atoms with Gasteiger partial charge in [0.15, 0.2) is 29.2 Å². The molecule has 0 unspecified atom stereocenters. The van der Waals surface area contributed by atoms with Crippen LogP contribution in [0.5, 0.6) is 0 Å². The van der Waals surface area contributed by atoms with Gasteiger partial charge >= 0.3 is 12.1 Å². The molecule has 2 aromatic heterocycles. The molecule has 3 rings (SSSR count). The minimum atomic E-state index is -1.53. The highest BCUT2D eigenvalue weighted by Gasteiger charge is 2.47. The van der Waals surface area contributed by atoms with Crippen LogP contribution in [0.2, 0.25) is 0 Å². The minimum Gasteiger partial charge on any atom is -0.463 e. The Morgan fingerprint density at radius 1 is 1.05 bits per heavy atom. The highest BCUT2D eigenvalue weighted by Crippen LogP contribution is 2.38. The third-order valence-corrected chi connectivity index (χ3v) is 7.93. The second kappa shape index (κ2) is 18.5. The summed E-state index contributed by atoms with van der Waals surface area (Å²) in [7, 11) is 0. The number of aliphatic hydroxyl groups excluding tert-OH is 2. The Morgan fingerprint density at radius 2 is 1.66 bits per heavy atom. The number of nitrogens with zero attached hydrogens (tertiary/aromatic N) is 4. The summed E-state index contributed by atoms with van der Waals surface area (Å²) in [5, 5.41) is 22.5. The number of aromatic nitrogens is 4. The largest absolute Gasteiger partial charge is 0.463 e. The van der Waals surface area contributed by atoms with Crippen molar-refractivity contribution in [3.05, 3.63) is 12.2 Å². The van der Waals surface area contributed by atoms with E-state index >= 15 is 0 Å². The Kier molecular flexibility index (Phi) is 14.8. The molecule has 12 nitrogen and oxygen atoms in total. The van der Waals surface area contributed by atoms with Crippen LogP contribution >= 0.6 is 0 Å². The second-order valence-electron chi connectivity index (χ2n) is 11.5. The Labute approximate surface area is 260 Å². The van der Waals surface area contributed by atoms with Gasteiger partial charge in [0.05, 0.1) is 19.5 Å². The zero-order chi connectivity index (χ0) is 31.8. The molecule has 1 aliphatic heterocycles. The summed E-state index contributed by atoms with van der Waals surface area (Å²) >= 11 is 0. The van der Waals surface area contributed by atoms with Gasteiger partial charge in [-0.2, -0.15) is 0 Å². The normalized spacial score (nSPS) is 19.6. The SMILES string of the molecule is C#C[C@]1(CO)O[C@@H](n2cnc3c(NC(=O)OCC(=O)OCCCCCCCCCCCCCCCC)nc(C)nc32)C[C@@H]1O. The van der Waals surface area contributed by atoms with Crippen molar-refractivity contribution < 1.29 is 34.0 Å². The minimum absolute atomic E-state index is 0.0796. The molecule has 0 spiro atoms. The summed E-state index contributed by atoms with van der Waals surface area (Å²) in [5.41, 5.74) is -0.966. The van der Waals surface area contributed by atoms with E-state index in [0.29, 0.717) is 18.1 Å². The van der Waals surface area contributed by atoms with Crippen LogP contribution in [0.15, 0.2) is 6.33 Å². The lowest BCUT2D eigenvalue weighted by molar-refractivity contribution is -0.147. The van der Waals surface area contributed by atoms with Gasteiger partial charge in [0.1, 0.15) is 18.2 Å². The number of fused-ring (bicyclic) bond motifs is 1. The van der Waals surface area contributed by atoms with Gasteiger partial charge in [-0.25, -0.2) is 24.5 Å². The number of unbranched alkanes of at least 4 members (excludes halogenated alkanes) is 13. The zero-order valence-electron chi connectivity index (χ0n) is 26.3. The topological polar surface area (TPSA) is 158 Å². The number of imidazole rings is 1. The van der Waals surface area contributed by atoms with Crippen molar-refractivity contribution >= 4 is 29.0 Å². The van der Waals surface area contributed by atoms with Crippen LogP contribution in [0.25, 0.3) is 11.2 Å². The first kappa shape index (κ1) is 35.2. The predicted molar refractivity (Wildman–Crippen MR) is 166 cm³/mol. The van der Waals surface area contributed by atoms with E-state index in [1.54, 1.807) is 11.5 Å². The standard InChI is InChI=1S/C32H49N5O7/c1-4-6-7-8-9-10-11-12-13-14-15-16-17-18-19-42-27(40)21-43-31(41)36-29-28-30(35-24(3)34-29)37(23-33-28)26-20-25(39)32(5-2,22-38)44-26/h2,23,25-26,38-39H,4,6-22H2,1,3H3,(H,34,35,36,41)/t25-,26+,32+/m0/s1. The highest BCUT2D eigenvalue weighted by atomic mass is 16.6. The van der Waals surface area contributed by atoms with Crippen molar-refractivity contribution in [3.8, 4) is 12.3 Å². The number of rotatable bonds is 20. The average molecular weight is 616 g/mol. The number of amides is 1. The van der Waals surface area contributed by atoms with Gasteiger partial charge in [0.25, 0.3) is 0 Å². The Bertz CT molecular complexity index is 1230. The quantitative estimate of drug-likeness (QED) is 0.101. The molecule has 3 N–H and O–H groups in total. The molecule has 3 atom stereocenters. The van der Waals surface area contributed by atoms with Gasteiger partial charge in [0.2, 0.25) is 0 Å². The fraction of sp³-hybridized carbons (Fsp3) is 0.719. The van der Waals surface area contributed by atoms with E-state index in [0.717, 1.165) is 19.3 Å². The van der Waals surface area contributed by atoms with Gasteiger partial charge in [-0.05, 0) is 13.3 Å². The average Bonchev–Trinajstić information content (AvgIpc) is 3.58. The number of hydrogen-bond donors (Lipinski definition) is 3. The summed E-state index contributed by atoms with van der Waals surface area (Å²) in [5.74, 6) is 2.11. The molecule has 3 heterocycles. The number of anilines is 1. The fourth-order valence-corrected chi connectivity index (χ4v) is 5.34. The molecule has 1 aliphatic rings. The number of nitrogens with one attached hydrogen (secondary N) is 1. The molecule has 44 heavy (non-hydrogen) atoms. The number of aliphatic hydroxyl groups is 2. The molecule has 1 amide bonds. The third kappa shape index (κ3) is 10.4. The monoisotopic (exact) mass is 615 g/mol. The molecule has 0 bridgehead atoms. The van der Waals surface area contributed by atoms with Crippen molar-refractivity contribution in [2.75, 3.05) is 25.1 Å². The zero-order valence-corrected chi connectivity index (χ0v) is 26.3. The van der Waals surface area contributed by atoms with Gasteiger partial charge in [0, 0.05) is 6.42 Å². The molecule has 1 saturated heterocycles. The number of hydrogen-bond acceptors (Lipinski definition) is 10. The van der Waals surface area contributed by atoms with E-state index in [1.807, 2.05) is 0 Å². The molecule has 0 aromatic carbocycles. The first-order valence-corrected chi connectivity index (χ1v) is 16.1. The van der Waals surface area contributed by atoms with E-state index in [2.05, 4.69) is 33.1 Å². The highest BCUT2D eigenvalue weighted by molar-refractivity contribution is 5.94. The predicted octanol–water partition coefficient (Wildman–Crippen LogP) is 5.35. The number of carbonyl (C=O) groups is 2. The summed E-state index contributed by atoms with van der Waals surface area (Å²) < 4.78 is 17.6. The lowest BCUT2D eigenvalue weighted by Gasteiger charge is -2.23. The molecule has 0 radical (unpaired) electrons. The third-order valence-electron chi connectivity index (χ3n) is 7.93. The number of ether oxygens (including phenoxy) is 3. The number of terminal acetylenes is 1. The van der Waals surface area contributed by atoms with Crippen LogP contribution in [0.4, 0.5) is 10.6 Å². The second-order valence-corrected chi connectivity index (χ2v) is 11.5. The summed E-state index contributed by atoms with van der Waals surface area (Å²) in [6, 6.07) is 0. The summed E-state index contributed by atoms with van der Waals surface area (Å²) in [6.07, 6.45) is 21.7. The number of esters is 1. The van der Waals surface area contributed by atoms with E-state index in [4.69, 9.17) is 20.6 Å². The van der Waals surface area contributed by atoms with Crippen molar-refractivity contribution in [1.29, 1.82) is 0 Å². The fourth-order valence-electron chi connectivity index (χ4n) is 5.34. The molecule has 12 heteroatoms. The maximum absolute atomic E-state index is 12.4. The number of aryl methyl sites for hydroxylation is 1. The smallest absolute Gasteiger partial charge is 0.413 e. The van der Waals surface area contributed by atoms with E-state index in [-0.39, 0.29) is 17.8 Å². The van der Waals surface area contributed by atoms with Crippen LogP contribution in [-0.4, -0.2) is 73.3 Å².